The molecule has 0 saturated heterocycles. The Morgan fingerprint density at radius 3 is 2.41 bits per heavy atom. The summed E-state index contributed by atoms with van der Waals surface area (Å²) in [6, 6.07) is 24.0. The number of rotatable bonds is 2. The second-order valence-corrected chi connectivity index (χ2v) is 6.20. The van der Waals surface area contributed by atoms with Gasteiger partial charge < -0.3 is 4.57 Å². The molecule has 108 valence electrons. The molecule has 1 aromatic heterocycles. The van der Waals surface area contributed by atoms with E-state index >= 15 is 0 Å². The van der Waals surface area contributed by atoms with Gasteiger partial charge in [0.05, 0.1) is 0 Å². The lowest BCUT2D eigenvalue weighted by Crippen LogP contribution is -1.87. The molecule has 0 aliphatic carbocycles. The molecule has 0 unspecified atom stereocenters. The van der Waals surface area contributed by atoms with Crippen molar-refractivity contribution in [3.63, 3.8) is 0 Å². The van der Waals surface area contributed by atoms with E-state index in [1.807, 2.05) is 0 Å². The van der Waals surface area contributed by atoms with E-state index in [0.29, 0.717) is 0 Å². The fourth-order valence-corrected chi connectivity index (χ4v) is 3.52. The molecular formula is C20H16BrN. The average Bonchev–Trinajstić information content (AvgIpc) is 2.88. The summed E-state index contributed by atoms with van der Waals surface area (Å²) in [7, 11) is 2.14. The van der Waals surface area contributed by atoms with Crippen molar-refractivity contribution >= 4 is 37.7 Å². The number of aryl methyl sites for hydroxylation is 1. The molecule has 0 aliphatic heterocycles. The van der Waals surface area contributed by atoms with Crippen LogP contribution in [0.1, 0.15) is 5.56 Å². The molecule has 3 aromatic carbocycles. The van der Waals surface area contributed by atoms with E-state index < -0.39 is 0 Å². The number of benzene rings is 3. The van der Waals surface area contributed by atoms with Crippen LogP contribution in [0.4, 0.5) is 0 Å². The number of hydrogen-bond donors (Lipinski definition) is 0. The molecule has 4 aromatic rings. The monoisotopic (exact) mass is 349 g/mol. The van der Waals surface area contributed by atoms with E-state index in [-0.39, 0.29) is 0 Å². The first-order valence-corrected chi connectivity index (χ1v) is 8.52. The molecule has 0 radical (unpaired) electrons. The Bertz CT molecular complexity index is 982. The first-order chi connectivity index (χ1) is 10.8. The molecule has 0 bridgehead atoms. The van der Waals surface area contributed by atoms with Crippen LogP contribution in [0.3, 0.4) is 0 Å². The summed E-state index contributed by atoms with van der Waals surface area (Å²) in [5.74, 6) is 0. The van der Waals surface area contributed by atoms with Crippen LogP contribution in [0.2, 0.25) is 0 Å². The van der Waals surface area contributed by atoms with Gasteiger partial charge in [0.15, 0.2) is 0 Å². The van der Waals surface area contributed by atoms with E-state index in [0.717, 1.165) is 5.33 Å². The van der Waals surface area contributed by atoms with Gasteiger partial charge in [-0.05, 0) is 28.8 Å². The lowest BCUT2D eigenvalue weighted by molar-refractivity contribution is 1.01. The standard InChI is InChI=1S/C20H16BrN/c1-22-19-8-3-2-7-17(19)18-10-9-16(12-20(18)22)15-6-4-5-14(11-15)13-21/h2-12H,13H2,1H3. The van der Waals surface area contributed by atoms with Crippen LogP contribution >= 0.6 is 15.9 Å². The van der Waals surface area contributed by atoms with E-state index in [4.69, 9.17) is 0 Å². The minimum Gasteiger partial charge on any atom is -0.344 e. The summed E-state index contributed by atoms with van der Waals surface area (Å²) in [4.78, 5) is 0. The van der Waals surface area contributed by atoms with Crippen molar-refractivity contribution in [2.24, 2.45) is 7.05 Å². The number of fused-ring (bicyclic) bond motifs is 3. The third-order valence-corrected chi connectivity index (χ3v) is 4.98. The zero-order valence-electron chi connectivity index (χ0n) is 12.4. The Morgan fingerprint density at radius 1 is 0.773 bits per heavy atom. The van der Waals surface area contributed by atoms with Crippen molar-refractivity contribution in [1.29, 1.82) is 0 Å². The Labute approximate surface area is 138 Å². The van der Waals surface area contributed by atoms with Gasteiger partial charge in [-0.25, -0.2) is 0 Å². The number of para-hydroxylation sites is 1. The van der Waals surface area contributed by atoms with Crippen LogP contribution in [0.25, 0.3) is 32.9 Å². The number of hydrogen-bond acceptors (Lipinski definition) is 0. The van der Waals surface area contributed by atoms with Crippen LogP contribution < -0.4 is 0 Å². The van der Waals surface area contributed by atoms with Gasteiger partial charge in [0.2, 0.25) is 0 Å². The van der Waals surface area contributed by atoms with Crippen molar-refractivity contribution in [1.82, 2.24) is 4.57 Å². The van der Waals surface area contributed by atoms with Gasteiger partial charge >= 0.3 is 0 Å². The van der Waals surface area contributed by atoms with Crippen LogP contribution in [0.5, 0.6) is 0 Å². The molecule has 22 heavy (non-hydrogen) atoms. The summed E-state index contributed by atoms with van der Waals surface area (Å²) >= 11 is 3.53. The van der Waals surface area contributed by atoms with Gasteiger partial charge in [-0.3, -0.25) is 0 Å². The average molecular weight is 350 g/mol. The lowest BCUT2D eigenvalue weighted by atomic mass is 10.0. The topological polar surface area (TPSA) is 4.93 Å². The van der Waals surface area contributed by atoms with E-state index in [1.54, 1.807) is 0 Å². The van der Waals surface area contributed by atoms with Gasteiger partial charge in [0.25, 0.3) is 0 Å². The van der Waals surface area contributed by atoms with Crippen molar-refractivity contribution in [2.45, 2.75) is 5.33 Å². The van der Waals surface area contributed by atoms with Crippen molar-refractivity contribution in [3.05, 3.63) is 72.3 Å². The minimum atomic E-state index is 0.886. The molecule has 0 fully saturated rings. The third-order valence-electron chi connectivity index (χ3n) is 4.33. The Hall–Kier alpha value is -2.06. The van der Waals surface area contributed by atoms with Gasteiger partial charge in [0, 0.05) is 34.2 Å². The molecule has 0 amide bonds. The molecular weight excluding hydrogens is 334 g/mol. The zero-order chi connectivity index (χ0) is 15.1. The largest absolute Gasteiger partial charge is 0.344 e. The second-order valence-electron chi connectivity index (χ2n) is 5.64. The van der Waals surface area contributed by atoms with Gasteiger partial charge in [-0.1, -0.05) is 70.5 Å². The molecule has 1 heterocycles. The number of aromatic nitrogens is 1. The van der Waals surface area contributed by atoms with Gasteiger partial charge in [-0.15, -0.1) is 0 Å². The number of halogens is 1. The smallest absolute Gasteiger partial charge is 0.0494 e. The summed E-state index contributed by atoms with van der Waals surface area (Å²) in [5.41, 5.74) is 6.40. The first-order valence-electron chi connectivity index (χ1n) is 7.40. The summed E-state index contributed by atoms with van der Waals surface area (Å²) in [6.45, 7) is 0. The van der Waals surface area contributed by atoms with Crippen LogP contribution in [-0.4, -0.2) is 4.57 Å². The van der Waals surface area contributed by atoms with E-state index in [1.165, 1.54) is 38.5 Å². The van der Waals surface area contributed by atoms with Crippen LogP contribution in [-0.2, 0) is 12.4 Å². The zero-order valence-corrected chi connectivity index (χ0v) is 14.0. The Kier molecular flexibility index (Phi) is 3.27. The summed E-state index contributed by atoms with van der Waals surface area (Å²) < 4.78 is 2.28. The third kappa shape index (κ3) is 2.06. The molecule has 2 heteroatoms. The molecule has 0 spiro atoms. The van der Waals surface area contributed by atoms with Crippen molar-refractivity contribution in [3.8, 4) is 11.1 Å². The normalized spacial score (nSPS) is 11.4. The maximum atomic E-state index is 3.53. The maximum absolute atomic E-state index is 3.53. The minimum absolute atomic E-state index is 0.886. The molecule has 0 aliphatic rings. The first kappa shape index (κ1) is 13.6. The predicted octanol–water partition coefficient (Wildman–Crippen LogP) is 5.89. The summed E-state index contributed by atoms with van der Waals surface area (Å²) in [5, 5.41) is 3.52. The molecule has 0 saturated carbocycles. The highest BCUT2D eigenvalue weighted by Crippen LogP contribution is 2.31. The fourth-order valence-electron chi connectivity index (χ4n) is 3.17. The van der Waals surface area contributed by atoms with Crippen LogP contribution in [0.15, 0.2) is 66.7 Å². The summed E-state index contributed by atoms with van der Waals surface area (Å²) in [6.07, 6.45) is 0. The van der Waals surface area contributed by atoms with Crippen LogP contribution in [0, 0.1) is 0 Å². The van der Waals surface area contributed by atoms with Gasteiger partial charge in [0.1, 0.15) is 0 Å². The highest BCUT2D eigenvalue weighted by atomic mass is 79.9. The van der Waals surface area contributed by atoms with E-state index in [9.17, 15) is 0 Å². The van der Waals surface area contributed by atoms with Gasteiger partial charge in [-0.2, -0.15) is 0 Å². The maximum Gasteiger partial charge on any atom is 0.0494 e. The number of nitrogens with zero attached hydrogens (tertiary/aromatic N) is 1. The lowest BCUT2D eigenvalue weighted by Gasteiger charge is -2.05. The molecule has 0 atom stereocenters. The second kappa shape index (κ2) is 5.29. The van der Waals surface area contributed by atoms with E-state index in [2.05, 4.69) is 94.3 Å². The highest BCUT2D eigenvalue weighted by molar-refractivity contribution is 9.08. The van der Waals surface area contributed by atoms with Crippen molar-refractivity contribution < 1.29 is 0 Å². The predicted molar refractivity (Wildman–Crippen MR) is 98.5 cm³/mol. The molecule has 1 nitrogen and oxygen atoms in total. The van der Waals surface area contributed by atoms with Crippen molar-refractivity contribution in [2.75, 3.05) is 0 Å². The fraction of sp³-hybridized carbons (Fsp3) is 0.100. The number of alkyl halides is 1. The highest BCUT2D eigenvalue weighted by Gasteiger charge is 2.09. The quantitative estimate of drug-likeness (QED) is 0.397. The Balaban J connectivity index is 1.97. The molecule has 4 rings (SSSR count). The molecule has 0 N–H and O–H groups in total. The SMILES string of the molecule is Cn1c2ccccc2c2ccc(-c3cccc(CBr)c3)cc21. The Morgan fingerprint density at radius 2 is 1.55 bits per heavy atom.